The maximum Gasteiger partial charge on any atom is 0.333 e. The van der Waals surface area contributed by atoms with Gasteiger partial charge >= 0.3 is 6.55 Å². The Hall–Kier alpha value is -1.95. The van der Waals surface area contributed by atoms with Gasteiger partial charge in [-0.2, -0.15) is 13.9 Å². The van der Waals surface area contributed by atoms with Crippen LogP contribution in [0, 0.1) is 20.8 Å². The van der Waals surface area contributed by atoms with Gasteiger partial charge < -0.3 is 5.32 Å². The maximum atomic E-state index is 12.8. The lowest BCUT2D eigenvalue weighted by Crippen LogP contribution is -2.15. The molecule has 0 bridgehead atoms. The number of aromatic nitrogens is 2. The van der Waals surface area contributed by atoms with E-state index in [1.54, 1.807) is 19.1 Å². The second kappa shape index (κ2) is 6.44. The molecule has 0 aliphatic rings. The van der Waals surface area contributed by atoms with E-state index >= 15 is 0 Å². The van der Waals surface area contributed by atoms with Gasteiger partial charge in [-0.1, -0.05) is 17.7 Å². The number of halogens is 3. The molecule has 0 saturated carbocycles. The van der Waals surface area contributed by atoms with Crippen LogP contribution in [-0.2, 0) is 11.2 Å². The van der Waals surface area contributed by atoms with Crippen LogP contribution in [0.1, 0.15) is 29.1 Å². The monoisotopic (exact) mass is 327 g/mol. The SMILES string of the molecule is Cc1ccc(NC(=O)Cc2c(C)nn(C(F)F)c2C)c(Cl)c1. The van der Waals surface area contributed by atoms with Gasteiger partial charge in [0.25, 0.3) is 0 Å². The molecule has 1 aromatic heterocycles. The first-order chi connectivity index (χ1) is 10.3. The quantitative estimate of drug-likeness (QED) is 0.921. The zero-order chi connectivity index (χ0) is 16.4. The largest absolute Gasteiger partial charge is 0.333 e. The van der Waals surface area contributed by atoms with E-state index in [0.29, 0.717) is 26.6 Å². The highest BCUT2D eigenvalue weighted by Crippen LogP contribution is 2.24. The van der Waals surface area contributed by atoms with Crippen LogP contribution in [0.25, 0.3) is 0 Å². The second-order valence-corrected chi connectivity index (χ2v) is 5.49. The topological polar surface area (TPSA) is 46.9 Å². The van der Waals surface area contributed by atoms with Crippen molar-refractivity contribution in [3.8, 4) is 0 Å². The van der Waals surface area contributed by atoms with Gasteiger partial charge in [-0.3, -0.25) is 4.79 Å². The van der Waals surface area contributed by atoms with Gasteiger partial charge in [0.2, 0.25) is 5.91 Å². The van der Waals surface area contributed by atoms with Gasteiger partial charge in [-0.25, -0.2) is 4.68 Å². The van der Waals surface area contributed by atoms with Crippen molar-refractivity contribution < 1.29 is 13.6 Å². The number of nitrogens with one attached hydrogen (secondary N) is 1. The second-order valence-electron chi connectivity index (χ2n) is 5.08. The summed E-state index contributed by atoms with van der Waals surface area (Å²) in [6.07, 6.45) is -0.0331. The first-order valence-electron chi connectivity index (χ1n) is 6.68. The Labute approximate surface area is 132 Å². The minimum Gasteiger partial charge on any atom is -0.324 e. The van der Waals surface area contributed by atoms with Crippen LogP contribution in [0.5, 0.6) is 0 Å². The summed E-state index contributed by atoms with van der Waals surface area (Å²) in [6, 6.07) is 5.27. The van der Waals surface area contributed by atoms with E-state index in [1.165, 1.54) is 6.92 Å². The predicted molar refractivity (Wildman–Crippen MR) is 81.5 cm³/mol. The van der Waals surface area contributed by atoms with Gasteiger partial charge in [-0.15, -0.1) is 0 Å². The Kier molecular flexibility index (Phi) is 4.81. The van der Waals surface area contributed by atoms with Crippen LogP contribution in [-0.4, -0.2) is 15.7 Å². The molecule has 1 amide bonds. The van der Waals surface area contributed by atoms with Crippen molar-refractivity contribution in [2.45, 2.75) is 33.7 Å². The first-order valence-corrected chi connectivity index (χ1v) is 7.06. The molecule has 4 nitrogen and oxygen atoms in total. The maximum absolute atomic E-state index is 12.8. The summed E-state index contributed by atoms with van der Waals surface area (Å²) in [5.74, 6) is -0.328. The molecule has 0 unspecified atom stereocenters. The van der Waals surface area contributed by atoms with E-state index < -0.39 is 6.55 Å². The molecule has 2 rings (SSSR count). The van der Waals surface area contributed by atoms with E-state index in [1.807, 2.05) is 13.0 Å². The molecular weight excluding hydrogens is 312 g/mol. The van der Waals surface area contributed by atoms with Crippen LogP contribution < -0.4 is 5.32 Å². The van der Waals surface area contributed by atoms with E-state index in [9.17, 15) is 13.6 Å². The molecule has 118 valence electrons. The zero-order valence-corrected chi connectivity index (χ0v) is 13.2. The minimum absolute atomic E-state index is 0.0331. The van der Waals surface area contributed by atoms with Crippen LogP contribution in [0.15, 0.2) is 18.2 Å². The standard InChI is InChI=1S/C15H16ClF2N3O/c1-8-4-5-13(12(16)6-8)19-14(22)7-11-9(2)20-21(10(11)3)15(17)18/h4-6,15H,7H2,1-3H3,(H,19,22). The highest BCUT2D eigenvalue weighted by Gasteiger charge is 2.19. The molecule has 1 N–H and O–H groups in total. The van der Waals surface area contributed by atoms with Crippen LogP contribution in [0.2, 0.25) is 5.02 Å². The number of hydrogen-bond donors (Lipinski definition) is 1. The Morgan fingerprint density at radius 3 is 2.59 bits per heavy atom. The van der Waals surface area contributed by atoms with Gasteiger partial charge in [0.1, 0.15) is 0 Å². The summed E-state index contributed by atoms with van der Waals surface area (Å²) in [4.78, 5) is 12.1. The fourth-order valence-electron chi connectivity index (χ4n) is 2.22. The molecule has 0 atom stereocenters. The number of amides is 1. The zero-order valence-electron chi connectivity index (χ0n) is 12.5. The summed E-state index contributed by atoms with van der Waals surface area (Å²) in [7, 11) is 0. The highest BCUT2D eigenvalue weighted by molar-refractivity contribution is 6.33. The Bertz CT molecular complexity index is 713. The van der Waals surface area contributed by atoms with Gasteiger partial charge in [0.05, 0.1) is 22.8 Å². The number of aryl methyl sites for hydroxylation is 2. The van der Waals surface area contributed by atoms with Crippen molar-refractivity contribution >= 4 is 23.2 Å². The van der Waals surface area contributed by atoms with Crippen LogP contribution >= 0.6 is 11.6 Å². The first kappa shape index (κ1) is 16.4. The molecule has 0 aliphatic heterocycles. The van der Waals surface area contributed by atoms with Crippen molar-refractivity contribution in [3.63, 3.8) is 0 Å². The molecule has 0 radical (unpaired) electrons. The van der Waals surface area contributed by atoms with E-state index in [-0.39, 0.29) is 18.0 Å². The molecule has 0 spiro atoms. The van der Waals surface area contributed by atoms with Crippen LogP contribution in [0.4, 0.5) is 14.5 Å². The number of benzene rings is 1. The Morgan fingerprint density at radius 1 is 1.36 bits per heavy atom. The fraction of sp³-hybridized carbons (Fsp3) is 0.333. The third kappa shape index (κ3) is 3.44. The summed E-state index contributed by atoms with van der Waals surface area (Å²) in [6.45, 7) is 2.30. The molecule has 7 heteroatoms. The lowest BCUT2D eigenvalue weighted by molar-refractivity contribution is -0.115. The van der Waals surface area contributed by atoms with Gasteiger partial charge in [0.15, 0.2) is 0 Å². The van der Waals surface area contributed by atoms with Crippen molar-refractivity contribution in [3.05, 3.63) is 45.7 Å². The molecular formula is C15H16ClF2N3O. The molecule has 22 heavy (non-hydrogen) atoms. The normalized spacial score (nSPS) is 11.0. The van der Waals surface area contributed by atoms with Crippen molar-refractivity contribution in [2.24, 2.45) is 0 Å². The van der Waals surface area contributed by atoms with Crippen molar-refractivity contribution in [1.29, 1.82) is 0 Å². The Morgan fingerprint density at radius 2 is 2.05 bits per heavy atom. The number of carbonyl (C=O) groups is 1. The number of carbonyl (C=O) groups excluding carboxylic acids is 1. The minimum atomic E-state index is -2.72. The highest BCUT2D eigenvalue weighted by atomic mass is 35.5. The lowest BCUT2D eigenvalue weighted by Gasteiger charge is -2.08. The molecule has 0 fully saturated rings. The van der Waals surface area contributed by atoms with Crippen molar-refractivity contribution in [1.82, 2.24) is 9.78 Å². The molecule has 2 aromatic rings. The molecule has 1 heterocycles. The molecule has 0 saturated heterocycles. The van der Waals surface area contributed by atoms with Gasteiger partial charge in [0, 0.05) is 11.3 Å². The number of anilines is 1. The van der Waals surface area contributed by atoms with Gasteiger partial charge in [-0.05, 0) is 38.5 Å². The summed E-state index contributed by atoms with van der Waals surface area (Å²) in [5, 5.41) is 6.88. The molecule has 1 aromatic carbocycles. The van der Waals surface area contributed by atoms with E-state index in [4.69, 9.17) is 11.6 Å². The third-order valence-corrected chi connectivity index (χ3v) is 3.71. The third-order valence-electron chi connectivity index (χ3n) is 3.40. The molecule has 0 aliphatic carbocycles. The van der Waals surface area contributed by atoms with Crippen molar-refractivity contribution in [2.75, 3.05) is 5.32 Å². The average molecular weight is 328 g/mol. The van der Waals surface area contributed by atoms with Crippen LogP contribution in [0.3, 0.4) is 0 Å². The summed E-state index contributed by atoms with van der Waals surface area (Å²) in [5.41, 5.74) is 2.68. The smallest absolute Gasteiger partial charge is 0.324 e. The fourth-order valence-corrected chi connectivity index (χ4v) is 2.50. The number of alkyl halides is 2. The summed E-state index contributed by atoms with van der Waals surface area (Å²) < 4.78 is 26.2. The Balaban J connectivity index is 2.16. The lowest BCUT2D eigenvalue weighted by atomic mass is 10.1. The summed E-state index contributed by atoms with van der Waals surface area (Å²) >= 11 is 6.05. The number of nitrogens with zero attached hydrogens (tertiary/aromatic N) is 2. The average Bonchev–Trinajstić information content (AvgIpc) is 2.70. The number of hydrogen-bond acceptors (Lipinski definition) is 2. The van der Waals surface area contributed by atoms with E-state index in [0.717, 1.165) is 5.56 Å². The van der Waals surface area contributed by atoms with E-state index in [2.05, 4.69) is 10.4 Å². The number of rotatable bonds is 4. The predicted octanol–water partition coefficient (Wildman–Crippen LogP) is 4.04.